The van der Waals surface area contributed by atoms with Gasteiger partial charge in [0.2, 0.25) is 11.8 Å². The van der Waals surface area contributed by atoms with Crippen molar-refractivity contribution in [2.24, 2.45) is 0 Å². The van der Waals surface area contributed by atoms with Gasteiger partial charge in [-0.2, -0.15) is 4.98 Å². The second-order valence-corrected chi connectivity index (χ2v) is 8.40. The predicted molar refractivity (Wildman–Crippen MR) is 121 cm³/mol. The Bertz CT molecular complexity index is 1020. The number of nitrogens with one attached hydrogen (secondary N) is 2. The zero-order chi connectivity index (χ0) is 21.8. The maximum Gasteiger partial charge on any atom is 0.217 e. The zero-order valence-electron chi connectivity index (χ0n) is 17.0. The highest BCUT2D eigenvalue weighted by molar-refractivity contribution is 6.34. The van der Waals surface area contributed by atoms with E-state index in [0.717, 1.165) is 30.9 Å². The van der Waals surface area contributed by atoms with E-state index in [1.807, 2.05) is 30.3 Å². The average Bonchev–Trinajstić information content (AvgIpc) is 3.39. The Labute approximate surface area is 190 Å². The molecular formula is C22H23Cl2N5O2. The van der Waals surface area contributed by atoms with Crippen LogP contribution in [-0.2, 0) is 11.2 Å². The Morgan fingerprint density at radius 1 is 1.32 bits per heavy atom. The second kappa shape index (κ2) is 9.58. The van der Waals surface area contributed by atoms with E-state index in [1.54, 1.807) is 18.5 Å². The quantitative estimate of drug-likeness (QED) is 0.553. The number of imidazole rings is 1. The highest BCUT2D eigenvalue weighted by atomic mass is 35.5. The third-order valence-electron chi connectivity index (χ3n) is 5.06. The molecule has 9 heteroatoms. The highest BCUT2D eigenvalue weighted by Crippen LogP contribution is 2.28. The van der Waals surface area contributed by atoms with Crippen molar-refractivity contribution in [3.63, 3.8) is 0 Å². The summed E-state index contributed by atoms with van der Waals surface area (Å²) in [4.78, 5) is 25.7. The molecule has 2 atom stereocenters. The topological polar surface area (TPSA) is 83.1 Å². The van der Waals surface area contributed by atoms with Crippen LogP contribution in [0.25, 0.3) is 0 Å². The molecule has 1 fully saturated rings. The fourth-order valence-electron chi connectivity index (χ4n) is 3.76. The van der Waals surface area contributed by atoms with Gasteiger partial charge in [-0.15, -0.1) is 0 Å². The van der Waals surface area contributed by atoms with E-state index in [-0.39, 0.29) is 11.9 Å². The molecule has 0 saturated carbocycles. The number of amides is 1. The molecule has 1 unspecified atom stereocenters. The van der Waals surface area contributed by atoms with Crippen molar-refractivity contribution in [2.75, 3.05) is 18.0 Å². The number of ether oxygens (including phenoxy) is 1. The molecule has 2 aromatic heterocycles. The summed E-state index contributed by atoms with van der Waals surface area (Å²) in [6, 6.07) is 11.2. The lowest BCUT2D eigenvalue weighted by molar-refractivity contribution is -0.119. The molecule has 1 aliphatic heterocycles. The summed E-state index contributed by atoms with van der Waals surface area (Å²) < 4.78 is 6.25. The monoisotopic (exact) mass is 459 g/mol. The normalized spacial score (nSPS) is 16.9. The number of halogens is 2. The van der Waals surface area contributed by atoms with E-state index in [1.165, 1.54) is 6.92 Å². The van der Waals surface area contributed by atoms with Crippen LogP contribution in [0.1, 0.15) is 30.8 Å². The molecule has 0 radical (unpaired) electrons. The summed E-state index contributed by atoms with van der Waals surface area (Å²) in [5.41, 5.74) is 0.938. The summed E-state index contributed by atoms with van der Waals surface area (Å²) in [5.74, 6) is 1.99. The van der Waals surface area contributed by atoms with Crippen molar-refractivity contribution in [1.29, 1.82) is 0 Å². The van der Waals surface area contributed by atoms with Crippen LogP contribution in [0.15, 0.2) is 48.8 Å². The summed E-state index contributed by atoms with van der Waals surface area (Å²) in [6.07, 6.45) is 4.46. The Kier molecular flexibility index (Phi) is 6.63. The molecule has 3 heterocycles. The minimum absolute atomic E-state index is 0.0145. The number of aromatic nitrogens is 3. The average molecular weight is 460 g/mol. The van der Waals surface area contributed by atoms with E-state index < -0.39 is 6.10 Å². The molecule has 1 amide bonds. The first-order valence-electron chi connectivity index (χ1n) is 10.1. The van der Waals surface area contributed by atoms with Gasteiger partial charge in [-0.3, -0.25) is 4.79 Å². The van der Waals surface area contributed by atoms with E-state index in [0.29, 0.717) is 28.2 Å². The van der Waals surface area contributed by atoms with Crippen molar-refractivity contribution >= 4 is 34.9 Å². The maximum absolute atomic E-state index is 11.3. The van der Waals surface area contributed by atoms with Crippen LogP contribution >= 0.6 is 23.2 Å². The molecule has 7 nitrogen and oxygen atoms in total. The SMILES string of the molecule is CC(=O)NC1CCN(c2cccc(O[C@H](Cc3cc(Cl)cc(Cl)c3)c3ncc[nH]3)n2)C1. The largest absolute Gasteiger partial charge is 0.466 e. The third kappa shape index (κ3) is 5.68. The van der Waals surface area contributed by atoms with E-state index in [9.17, 15) is 4.79 Å². The lowest BCUT2D eigenvalue weighted by atomic mass is 10.1. The Morgan fingerprint density at radius 2 is 2.13 bits per heavy atom. The van der Waals surface area contributed by atoms with Gasteiger partial charge in [-0.1, -0.05) is 29.3 Å². The predicted octanol–water partition coefficient (Wildman–Crippen LogP) is 4.19. The van der Waals surface area contributed by atoms with Crippen molar-refractivity contribution < 1.29 is 9.53 Å². The minimum Gasteiger partial charge on any atom is -0.466 e. The first kappa shape index (κ1) is 21.5. The fraction of sp³-hybridized carbons (Fsp3) is 0.318. The van der Waals surface area contributed by atoms with Crippen molar-refractivity contribution in [3.8, 4) is 5.88 Å². The number of rotatable bonds is 7. The number of hydrogen-bond acceptors (Lipinski definition) is 5. The van der Waals surface area contributed by atoms with E-state index >= 15 is 0 Å². The molecule has 0 bridgehead atoms. The summed E-state index contributed by atoms with van der Waals surface area (Å²) >= 11 is 12.3. The maximum atomic E-state index is 11.3. The third-order valence-corrected chi connectivity index (χ3v) is 5.50. The van der Waals surface area contributed by atoms with Crippen LogP contribution in [0.2, 0.25) is 10.0 Å². The fourth-order valence-corrected chi connectivity index (χ4v) is 4.33. The molecule has 31 heavy (non-hydrogen) atoms. The molecule has 4 rings (SSSR count). The first-order chi connectivity index (χ1) is 15.0. The number of carbonyl (C=O) groups excluding carboxylic acids is 1. The van der Waals surface area contributed by atoms with Crippen LogP contribution in [0.3, 0.4) is 0 Å². The van der Waals surface area contributed by atoms with Gasteiger partial charge >= 0.3 is 0 Å². The highest BCUT2D eigenvalue weighted by Gasteiger charge is 2.25. The number of pyridine rings is 1. The number of hydrogen-bond donors (Lipinski definition) is 2. The van der Waals surface area contributed by atoms with Crippen molar-refractivity contribution in [2.45, 2.75) is 31.9 Å². The van der Waals surface area contributed by atoms with Gasteiger partial charge in [0, 0.05) is 61.0 Å². The van der Waals surface area contributed by atoms with Gasteiger partial charge in [0.25, 0.3) is 0 Å². The standard InChI is InChI=1S/C22H23Cl2N5O2/c1-14(30)27-18-5-8-29(13-18)20-3-2-4-21(28-20)31-19(22-25-6-7-26-22)11-15-9-16(23)12-17(24)10-15/h2-4,6-7,9-10,12,18-19H,5,8,11,13H2,1H3,(H,25,26)(H,27,30)/t18?,19-/m1/s1. The molecule has 1 saturated heterocycles. The molecule has 1 aromatic carbocycles. The minimum atomic E-state index is -0.391. The zero-order valence-corrected chi connectivity index (χ0v) is 18.5. The number of nitrogens with zero attached hydrogens (tertiary/aromatic N) is 3. The van der Waals surface area contributed by atoms with Crippen LogP contribution < -0.4 is 15.0 Å². The van der Waals surface area contributed by atoms with Crippen LogP contribution in [-0.4, -0.2) is 40.0 Å². The van der Waals surface area contributed by atoms with Gasteiger partial charge < -0.3 is 19.9 Å². The van der Waals surface area contributed by atoms with Gasteiger partial charge in [-0.05, 0) is 36.2 Å². The van der Waals surface area contributed by atoms with Gasteiger partial charge in [-0.25, -0.2) is 4.98 Å². The number of anilines is 1. The Balaban J connectivity index is 1.51. The smallest absolute Gasteiger partial charge is 0.217 e. The number of carbonyl (C=O) groups is 1. The molecule has 0 aliphatic carbocycles. The summed E-state index contributed by atoms with van der Waals surface area (Å²) in [5, 5.41) is 4.12. The van der Waals surface area contributed by atoms with Crippen molar-refractivity contribution in [1.82, 2.24) is 20.3 Å². The first-order valence-corrected chi connectivity index (χ1v) is 10.8. The second-order valence-electron chi connectivity index (χ2n) is 7.53. The molecular weight excluding hydrogens is 437 g/mol. The van der Waals surface area contributed by atoms with Crippen molar-refractivity contribution in [3.05, 3.63) is 70.2 Å². The van der Waals surface area contributed by atoms with Crippen LogP contribution in [0.4, 0.5) is 5.82 Å². The molecule has 2 N–H and O–H groups in total. The number of aromatic amines is 1. The molecule has 1 aliphatic rings. The summed E-state index contributed by atoms with van der Waals surface area (Å²) in [6.45, 7) is 3.08. The number of H-pyrrole nitrogens is 1. The summed E-state index contributed by atoms with van der Waals surface area (Å²) in [7, 11) is 0. The van der Waals surface area contributed by atoms with Crippen LogP contribution in [0, 0.1) is 0 Å². The van der Waals surface area contributed by atoms with Gasteiger partial charge in [0.15, 0.2) is 6.10 Å². The Hall–Kier alpha value is -2.77. The van der Waals surface area contributed by atoms with Crippen LogP contribution in [0.5, 0.6) is 5.88 Å². The lowest BCUT2D eigenvalue weighted by Gasteiger charge is -2.21. The van der Waals surface area contributed by atoms with E-state index in [2.05, 4.69) is 20.2 Å². The van der Waals surface area contributed by atoms with E-state index in [4.69, 9.17) is 32.9 Å². The molecule has 0 spiro atoms. The lowest BCUT2D eigenvalue weighted by Crippen LogP contribution is -2.35. The van der Waals surface area contributed by atoms with Gasteiger partial charge in [0.1, 0.15) is 11.6 Å². The van der Waals surface area contributed by atoms with Gasteiger partial charge in [0.05, 0.1) is 0 Å². The molecule has 3 aromatic rings. The number of benzene rings is 1. The molecule has 162 valence electrons. The Morgan fingerprint density at radius 3 is 2.84 bits per heavy atom.